The van der Waals surface area contributed by atoms with Gasteiger partial charge in [-0.2, -0.15) is 0 Å². The number of rotatable bonds is 5. The molecular formula is C29H30ClFN4O4. The maximum Gasteiger partial charge on any atom is 0.253 e. The molecule has 10 heteroatoms. The Balaban J connectivity index is 1.50. The van der Waals surface area contributed by atoms with Crippen LogP contribution in [0.3, 0.4) is 0 Å². The Bertz CT molecular complexity index is 1520. The summed E-state index contributed by atoms with van der Waals surface area (Å²) in [7, 11) is 1.76. The Morgan fingerprint density at radius 1 is 1.10 bits per heavy atom. The molecule has 204 valence electrons. The van der Waals surface area contributed by atoms with Gasteiger partial charge in [0.15, 0.2) is 0 Å². The monoisotopic (exact) mass is 552 g/mol. The Morgan fingerprint density at radius 2 is 1.90 bits per heavy atom. The number of carbonyl (C=O) groups is 1. The van der Waals surface area contributed by atoms with Gasteiger partial charge in [-0.05, 0) is 75.4 Å². The van der Waals surface area contributed by atoms with E-state index >= 15 is 0 Å². The van der Waals surface area contributed by atoms with Gasteiger partial charge in [0.1, 0.15) is 30.1 Å². The fourth-order valence-corrected chi connectivity index (χ4v) is 6.17. The summed E-state index contributed by atoms with van der Waals surface area (Å²) < 4.78 is 33.5. The molecule has 1 amide bonds. The quantitative estimate of drug-likeness (QED) is 0.287. The van der Waals surface area contributed by atoms with E-state index in [9.17, 15) is 9.18 Å². The van der Waals surface area contributed by atoms with Crippen LogP contribution in [0.15, 0.2) is 40.9 Å². The highest BCUT2D eigenvalue weighted by molar-refractivity contribution is 6.30. The van der Waals surface area contributed by atoms with Crippen molar-refractivity contribution in [3.05, 3.63) is 64.5 Å². The van der Waals surface area contributed by atoms with E-state index in [0.717, 1.165) is 59.3 Å². The smallest absolute Gasteiger partial charge is 0.253 e. The summed E-state index contributed by atoms with van der Waals surface area (Å²) in [6.45, 7) is 3.97. The molecule has 6 rings (SSSR count). The normalized spacial score (nSPS) is 22.1. The second-order valence-electron chi connectivity index (χ2n) is 10.3. The van der Waals surface area contributed by atoms with Crippen molar-refractivity contribution in [1.29, 1.82) is 0 Å². The van der Waals surface area contributed by atoms with E-state index in [2.05, 4.69) is 21.9 Å². The number of anilines is 1. The zero-order valence-corrected chi connectivity index (χ0v) is 22.9. The van der Waals surface area contributed by atoms with E-state index < -0.39 is 11.9 Å². The lowest BCUT2D eigenvalue weighted by molar-refractivity contribution is -0.127. The van der Waals surface area contributed by atoms with Gasteiger partial charge < -0.3 is 18.6 Å². The molecule has 0 bridgehead atoms. The van der Waals surface area contributed by atoms with E-state index in [0.29, 0.717) is 11.5 Å². The highest BCUT2D eigenvalue weighted by Gasteiger charge is 2.37. The number of nitrogens with zero attached hydrogens (tertiary/aromatic N) is 4. The number of benzene rings is 2. The lowest BCUT2D eigenvalue weighted by Crippen LogP contribution is -2.45. The molecular weight excluding hydrogens is 523 g/mol. The van der Waals surface area contributed by atoms with Crippen molar-refractivity contribution < 1.29 is 23.2 Å². The summed E-state index contributed by atoms with van der Waals surface area (Å²) in [5, 5.41) is 4.11. The molecule has 0 radical (unpaired) electrons. The number of hydrogen-bond acceptors (Lipinski definition) is 6. The van der Waals surface area contributed by atoms with Gasteiger partial charge in [0, 0.05) is 24.4 Å². The molecule has 2 aliphatic rings. The van der Waals surface area contributed by atoms with Crippen molar-refractivity contribution in [1.82, 2.24) is 14.7 Å². The van der Waals surface area contributed by atoms with Gasteiger partial charge in [0.2, 0.25) is 0 Å². The fourth-order valence-electron chi connectivity index (χ4n) is 6.05. The fraction of sp³-hybridized carbons (Fsp3) is 0.414. The number of aryl methyl sites for hydroxylation is 2. The third-order valence-electron chi connectivity index (χ3n) is 7.94. The minimum atomic E-state index is -0.581. The van der Waals surface area contributed by atoms with E-state index in [4.69, 9.17) is 30.6 Å². The van der Waals surface area contributed by atoms with Crippen LogP contribution >= 0.6 is 11.6 Å². The number of fused-ring (bicyclic) bond motifs is 1. The summed E-state index contributed by atoms with van der Waals surface area (Å²) in [6, 6.07) is 10.2. The standard InChI is InChI=1S/C29H30ClFN4O4/c1-16-28(17(2)39-33-16)18-4-11-25-24(12-18)32-29(35(25)19-5-8-21(37-3)9-6-19)26-14-38-15-27(36)34(26)20-7-10-22(30)23(31)13-20/h4,7,10-13,19,21,26H,5-6,8-9,14-15H2,1-3H3/t19?,21?,26-/m0/s1. The van der Waals surface area contributed by atoms with E-state index in [-0.39, 0.29) is 36.3 Å². The number of carbonyl (C=O) groups excluding carboxylic acids is 1. The number of methoxy groups -OCH3 is 1. The predicted octanol–water partition coefficient (Wildman–Crippen LogP) is 6.34. The Labute approximate surface area is 230 Å². The second-order valence-corrected chi connectivity index (χ2v) is 10.7. The number of halogens is 2. The summed E-state index contributed by atoms with van der Waals surface area (Å²) in [4.78, 5) is 19.9. The predicted molar refractivity (Wildman–Crippen MR) is 145 cm³/mol. The molecule has 0 unspecified atom stereocenters. The van der Waals surface area contributed by atoms with Crippen LogP contribution in [0.5, 0.6) is 0 Å². The second kappa shape index (κ2) is 10.4. The lowest BCUT2D eigenvalue weighted by atomic mass is 9.92. The molecule has 2 aromatic heterocycles. The van der Waals surface area contributed by atoms with E-state index in [1.54, 1.807) is 18.1 Å². The van der Waals surface area contributed by atoms with Crippen molar-refractivity contribution in [3.8, 4) is 11.1 Å². The zero-order chi connectivity index (χ0) is 27.3. The lowest BCUT2D eigenvalue weighted by Gasteiger charge is -2.37. The van der Waals surface area contributed by atoms with Gasteiger partial charge in [-0.1, -0.05) is 22.8 Å². The summed E-state index contributed by atoms with van der Waals surface area (Å²) >= 11 is 5.95. The van der Waals surface area contributed by atoms with Gasteiger partial charge >= 0.3 is 0 Å². The highest BCUT2D eigenvalue weighted by Crippen LogP contribution is 2.40. The molecule has 1 aliphatic heterocycles. The van der Waals surface area contributed by atoms with Crippen molar-refractivity contribution in [2.24, 2.45) is 0 Å². The van der Waals surface area contributed by atoms with E-state index in [1.165, 1.54) is 12.1 Å². The zero-order valence-electron chi connectivity index (χ0n) is 22.1. The molecule has 4 aromatic rings. The topological polar surface area (TPSA) is 82.6 Å². The summed E-state index contributed by atoms with van der Waals surface area (Å²) in [5.74, 6) is 0.616. The first-order valence-corrected chi connectivity index (χ1v) is 13.6. The average Bonchev–Trinajstić information content (AvgIpc) is 3.48. The molecule has 8 nitrogen and oxygen atoms in total. The Hall–Kier alpha value is -3.27. The molecule has 1 saturated heterocycles. The van der Waals surface area contributed by atoms with Crippen LogP contribution in [0.1, 0.15) is 55.0 Å². The molecule has 1 aliphatic carbocycles. The largest absolute Gasteiger partial charge is 0.381 e. The van der Waals surface area contributed by atoms with Crippen molar-refractivity contribution in [2.75, 3.05) is 25.2 Å². The molecule has 2 fully saturated rings. The van der Waals surface area contributed by atoms with Crippen molar-refractivity contribution in [3.63, 3.8) is 0 Å². The van der Waals surface area contributed by atoms with Gasteiger partial charge in [0.25, 0.3) is 5.91 Å². The number of aromatic nitrogens is 3. The van der Waals surface area contributed by atoms with Crippen LogP contribution in [0.4, 0.5) is 10.1 Å². The van der Waals surface area contributed by atoms with Crippen molar-refractivity contribution >= 4 is 34.2 Å². The molecule has 39 heavy (non-hydrogen) atoms. The number of amides is 1. The van der Waals surface area contributed by atoms with E-state index in [1.807, 2.05) is 19.9 Å². The Morgan fingerprint density at radius 3 is 2.59 bits per heavy atom. The minimum absolute atomic E-state index is 0.00463. The molecule has 2 aromatic carbocycles. The van der Waals surface area contributed by atoms with Crippen LogP contribution < -0.4 is 4.90 Å². The van der Waals surface area contributed by atoms with Gasteiger partial charge in [0.05, 0.1) is 34.5 Å². The van der Waals surface area contributed by atoms with Crippen LogP contribution in [-0.4, -0.2) is 47.0 Å². The first kappa shape index (κ1) is 26.0. The maximum absolute atomic E-state index is 14.5. The summed E-state index contributed by atoms with van der Waals surface area (Å²) in [6.07, 6.45) is 3.94. The minimum Gasteiger partial charge on any atom is -0.381 e. The molecule has 0 spiro atoms. The van der Waals surface area contributed by atoms with Crippen LogP contribution in [-0.2, 0) is 14.3 Å². The molecule has 1 saturated carbocycles. The number of ether oxygens (including phenoxy) is 2. The van der Waals surface area contributed by atoms with Crippen LogP contribution in [0.25, 0.3) is 22.2 Å². The number of imidazole rings is 1. The SMILES string of the molecule is COC1CCC(n2c([C@@H]3COCC(=O)N3c3ccc(Cl)c(F)c3)nc3cc(-c4c(C)noc4C)ccc32)CC1. The highest BCUT2D eigenvalue weighted by atomic mass is 35.5. The Kier molecular flexibility index (Phi) is 6.91. The van der Waals surface area contributed by atoms with Gasteiger partial charge in [-0.3, -0.25) is 9.69 Å². The average molecular weight is 553 g/mol. The van der Waals surface area contributed by atoms with Gasteiger partial charge in [-0.15, -0.1) is 0 Å². The van der Waals surface area contributed by atoms with Crippen LogP contribution in [0.2, 0.25) is 5.02 Å². The molecule has 0 N–H and O–H groups in total. The summed E-state index contributed by atoms with van der Waals surface area (Å²) in [5.41, 5.74) is 4.92. The third kappa shape index (κ3) is 4.62. The number of hydrogen-bond donors (Lipinski definition) is 0. The maximum atomic E-state index is 14.5. The third-order valence-corrected chi connectivity index (χ3v) is 8.25. The molecule has 3 heterocycles. The van der Waals surface area contributed by atoms with Gasteiger partial charge in [-0.25, -0.2) is 9.37 Å². The first-order valence-electron chi connectivity index (χ1n) is 13.2. The van der Waals surface area contributed by atoms with Crippen molar-refractivity contribution in [2.45, 2.75) is 57.7 Å². The van der Waals surface area contributed by atoms with Crippen LogP contribution in [0, 0.1) is 19.7 Å². The molecule has 1 atom stereocenters. The number of morpholine rings is 1. The first-order chi connectivity index (χ1) is 18.9.